The van der Waals surface area contributed by atoms with E-state index in [9.17, 15) is 13.2 Å². The van der Waals surface area contributed by atoms with Gasteiger partial charge in [0.1, 0.15) is 12.9 Å². The van der Waals surface area contributed by atoms with Gasteiger partial charge >= 0.3 is 6.18 Å². The maximum Gasteiger partial charge on any atom is 0.414 e. The van der Waals surface area contributed by atoms with Gasteiger partial charge in [0.25, 0.3) is 0 Å². The van der Waals surface area contributed by atoms with Crippen molar-refractivity contribution >= 4 is 11.6 Å². The van der Waals surface area contributed by atoms with E-state index in [2.05, 4.69) is 9.47 Å². The van der Waals surface area contributed by atoms with E-state index in [0.29, 0.717) is 0 Å². The van der Waals surface area contributed by atoms with Crippen LogP contribution in [0.5, 0.6) is 0 Å². The van der Waals surface area contributed by atoms with E-state index in [1.807, 2.05) is 0 Å². The lowest BCUT2D eigenvalue weighted by atomic mass is 10.4. The zero-order chi connectivity index (χ0) is 8.91. The van der Waals surface area contributed by atoms with Gasteiger partial charge < -0.3 is 9.47 Å². The van der Waals surface area contributed by atoms with Gasteiger partial charge in [0.05, 0.1) is 0 Å². The predicted molar refractivity (Wildman–Crippen MR) is 33.3 cm³/mol. The maximum absolute atomic E-state index is 11.7. The first-order valence-electron chi connectivity index (χ1n) is 2.80. The third kappa shape index (κ3) is 5.29. The van der Waals surface area contributed by atoms with E-state index in [-0.39, 0.29) is 6.07 Å². The molecule has 1 atom stereocenters. The molecule has 0 aliphatic carbocycles. The highest BCUT2D eigenvalue weighted by Gasteiger charge is 2.36. The summed E-state index contributed by atoms with van der Waals surface area (Å²) in [7, 11) is 0. The van der Waals surface area contributed by atoms with Crippen molar-refractivity contribution in [2.45, 2.75) is 19.2 Å². The first-order chi connectivity index (χ1) is 4.98. The Labute approximate surface area is 67.2 Å². The van der Waals surface area contributed by atoms with Crippen LogP contribution < -0.4 is 0 Å². The van der Waals surface area contributed by atoms with Crippen LogP contribution in [0.3, 0.4) is 0 Å². The minimum Gasteiger partial charge on any atom is -0.343 e. The number of hydrogen-bond donors (Lipinski definition) is 0. The fourth-order valence-corrected chi connectivity index (χ4v) is 0.339. The Balaban J connectivity index is 3.44. The molecular formula is C5H8ClF3O2. The van der Waals surface area contributed by atoms with Gasteiger partial charge in [-0.2, -0.15) is 13.2 Å². The molecule has 0 saturated heterocycles. The summed E-state index contributed by atoms with van der Waals surface area (Å²) in [5.41, 5.74) is 0. The fourth-order valence-electron chi connectivity index (χ4n) is 0.276. The Morgan fingerprint density at radius 1 is 1.45 bits per heavy atom. The zero-order valence-electron chi connectivity index (χ0n) is 5.82. The Kier molecular flexibility index (Phi) is 4.79. The predicted octanol–water partition coefficient (Wildman–Crippen LogP) is 2.12. The number of hydrogen-bond acceptors (Lipinski definition) is 2. The molecule has 0 rings (SSSR count). The Bertz CT molecular complexity index is 106. The second-order valence-electron chi connectivity index (χ2n) is 1.78. The molecule has 0 aromatic rings. The second kappa shape index (κ2) is 4.79. The summed E-state index contributed by atoms with van der Waals surface area (Å²) >= 11 is 5.02. The molecule has 11 heavy (non-hydrogen) atoms. The first-order valence-corrected chi connectivity index (χ1v) is 3.34. The van der Waals surface area contributed by atoms with Crippen LogP contribution in [0, 0.1) is 0 Å². The molecule has 0 saturated carbocycles. The molecule has 6 heteroatoms. The van der Waals surface area contributed by atoms with E-state index in [4.69, 9.17) is 11.6 Å². The van der Waals surface area contributed by atoms with Crippen molar-refractivity contribution in [3.8, 4) is 0 Å². The summed E-state index contributed by atoms with van der Waals surface area (Å²) in [5, 5.41) is 0. The lowest BCUT2D eigenvalue weighted by molar-refractivity contribution is -0.234. The molecule has 2 nitrogen and oxygen atoms in total. The summed E-state index contributed by atoms with van der Waals surface area (Å²) in [6, 6.07) is -0.176. The third-order valence-corrected chi connectivity index (χ3v) is 1.09. The molecule has 0 fully saturated rings. The molecule has 0 aliphatic heterocycles. The first kappa shape index (κ1) is 11.0. The number of ether oxygens (including phenoxy) is 2. The van der Waals surface area contributed by atoms with Crippen molar-refractivity contribution in [3.63, 3.8) is 0 Å². The van der Waals surface area contributed by atoms with Gasteiger partial charge in [0, 0.05) is 0 Å². The summed E-state index contributed by atoms with van der Waals surface area (Å²) in [5.74, 6) is 0. The molecule has 0 radical (unpaired) electrons. The van der Waals surface area contributed by atoms with E-state index in [1.54, 1.807) is 0 Å². The quantitative estimate of drug-likeness (QED) is 0.386. The summed E-state index contributed by atoms with van der Waals surface area (Å²) in [4.78, 5) is 0. The lowest BCUT2D eigenvalue weighted by Gasteiger charge is -2.15. The van der Waals surface area contributed by atoms with Crippen LogP contribution in [0.4, 0.5) is 13.2 Å². The van der Waals surface area contributed by atoms with E-state index >= 15 is 0 Å². The molecule has 1 unspecified atom stereocenters. The van der Waals surface area contributed by atoms with Gasteiger partial charge in [-0.1, -0.05) is 11.6 Å². The van der Waals surface area contributed by atoms with Crippen LogP contribution in [-0.4, -0.2) is 25.1 Å². The molecule has 0 N–H and O–H groups in total. The Hall–Kier alpha value is -0.0000000000000000555. The van der Waals surface area contributed by atoms with Gasteiger partial charge in [0.15, 0.2) is 6.10 Å². The molecule has 0 aromatic carbocycles. The topological polar surface area (TPSA) is 18.5 Å². The van der Waals surface area contributed by atoms with Crippen LogP contribution in [-0.2, 0) is 9.47 Å². The molecule has 0 bridgehead atoms. The van der Waals surface area contributed by atoms with Crippen molar-refractivity contribution in [1.82, 2.24) is 0 Å². The summed E-state index contributed by atoms with van der Waals surface area (Å²) in [6.45, 7) is 0.460. The normalized spacial score (nSPS) is 15.0. The fraction of sp³-hybridized carbons (Fsp3) is 1.00. The maximum atomic E-state index is 11.7. The average Bonchev–Trinajstić information content (AvgIpc) is 1.86. The van der Waals surface area contributed by atoms with Crippen molar-refractivity contribution < 1.29 is 22.6 Å². The summed E-state index contributed by atoms with van der Waals surface area (Å²) < 4.78 is 43.5. The van der Waals surface area contributed by atoms with Crippen LogP contribution in [0.15, 0.2) is 0 Å². The molecule has 0 amide bonds. The summed E-state index contributed by atoms with van der Waals surface area (Å²) in [6.07, 6.45) is -6.15. The van der Waals surface area contributed by atoms with Gasteiger partial charge in [-0.05, 0) is 6.92 Å². The van der Waals surface area contributed by atoms with Crippen LogP contribution in [0.1, 0.15) is 6.92 Å². The highest BCUT2D eigenvalue weighted by molar-refractivity contribution is 6.17. The van der Waals surface area contributed by atoms with Crippen LogP contribution >= 0.6 is 11.6 Å². The largest absolute Gasteiger partial charge is 0.414 e. The van der Waals surface area contributed by atoms with Gasteiger partial charge in [0.2, 0.25) is 0 Å². The Morgan fingerprint density at radius 3 is 2.36 bits per heavy atom. The van der Waals surface area contributed by atoms with Gasteiger partial charge in [-0.25, -0.2) is 0 Å². The minimum absolute atomic E-state index is 0.176. The molecular weight excluding hydrogens is 184 g/mol. The molecule has 0 aromatic heterocycles. The minimum atomic E-state index is -4.34. The monoisotopic (exact) mass is 192 g/mol. The second-order valence-corrected chi connectivity index (χ2v) is 2.00. The van der Waals surface area contributed by atoms with Crippen molar-refractivity contribution in [2.75, 3.05) is 12.9 Å². The van der Waals surface area contributed by atoms with Gasteiger partial charge in [-0.15, -0.1) is 0 Å². The van der Waals surface area contributed by atoms with Crippen molar-refractivity contribution in [2.24, 2.45) is 0 Å². The highest BCUT2D eigenvalue weighted by atomic mass is 35.5. The molecule has 0 aliphatic rings. The molecule has 0 spiro atoms. The SMILES string of the molecule is CC(OCOCCl)C(F)(F)F. The Morgan fingerprint density at radius 2 is 2.00 bits per heavy atom. The van der Waals surface area contributed by atoms with E-state index < -0.39 is 19.1 Å². The lowest BCUT2D eigenvalue weighted by Crippen LogP contribution is -2.29. The van der Waals surface area contributed by atoms with Gasteiger partial charge in [-0.3, -0.25) is 0 Å². The smallest absolute Gasteiger partial charge is 0.343 e. The van der Waals surface area contributed by atoms with E-state index in [0.717, 1.165) is 6.92 Å². The third-order valence-electron chi connectivity index (χ3n) is 0.939. The number of halogens is 4. The standard InChI is InChI=1S/C5H8ClF3O2/c1-4(5(7,8)9)11-3-10-2-6/h4H,2-3H2,1H3. The van der Waals surface area contributed by atoms with Crippen LogP contribution in [0.2, 0.25) is 0 Å². The average molecular weight is 193 g/mol. The van der Waals surface area contributed by atoms with Crippen LogP contribution in [0.25, 0.3) is 0 Å². The zero-order valence-corrected chi connectivity index (χ0v) is 6.58. The van der Waals surface area contributed by atoms with Crippen molar-refractivity contribution in [3.05, 3.63) is 0 Å². The number of alkyl halides is 4. The molecule has 0 heterocycles. The molecule has 68 valence electrons. The number of rotatable bonds is 4. The van der Waals surface area contributed by atoms with E-state index in [1.165, 1.54) is 0 Å². The highest BCUT2D eigenvalue weighted by Crippen LogP contribution is 2.21. The van der Waals surface area contributed by atoms with Crippen molar-refractivity contribution in [1.29, 1.82) is 0 Å².